The third kappa shape index (κ3) is 2.05. The maximum absolute atomic E-state index is 11.7. The molecule has 3 rings (SSSR count). The van der Waals surface area contributed by atoms with E-state index in [-0.39, 0.29) is 0 Å². The van der Waals surface area contributed by atoms with Gasteiger partial charge in [0.05, 0.1) is 24.1 Å². The lowest BCUT2D eigenvalue weighted by atomic mass is 9.97. The highest BCUT2D eigenvalue weighted by atomic mass is 16.3. The molecule has 0 spiro atoms. The Balaban J connectivity index is 1.89. The van der Waals surface area contributed by atoms with Crippen LogP contribution < -0.4 is 16.2 Å². The summed E-state index contributed by atoms with van der Waals surface area (Å²) in [6.45, 7) is 2.36. The van der Waals surface area contributed by atoms with E-state index in [0.29, 0.717) is 23.6 Å². The van der Waals surface area contributed by atoms with Gasteiger partial charge in [-0.3, -0.25) is 9.59 Å². The van der Waals surface area contributed by atoms with E-state index in [1.165, 1.54) is 0 Å². The Hall–Kier alpha value is -2.62. The van der Waals surface area contributed by atoms with Crippen LogP contribution in [0.25, 0.3) is 11.1 Å². The van der Waals surface area contributed by atoms with Crippen LogP contribution in [0.4, 0.5) is 5.69 Å². The number of aryl methyl sites for hydroxylation is 1. The lowest BCUT2D eigenvalue weighted by molar-refractivity contribution is 0.518. The molecule has 3 aromatic rings. The average Bonchev–Trinajstić information content (AvgIpc) is 2.97. The Morgan fingerprint density at radius 1 is 1.05 bits per heavy atom. The summed E-state index contributed by atoms with van der Waals surface area (Å²) < 4.78 is 5.19. The fourth-order valence-corrected chi connectivity index (χ4v) is 2.14. The SMILES string of the molecule is Cc1ccc(-c2c(NCc3ccco3)c(=O)c2=O)cc1. The van der Waals surface area contributed by atoms with E-state index in [4.69, 9.17) is 4.42 Å². The van der Waals surface area contributed by atoms with Gasteiger partial charge in [0, 0.05) is 0 Å². The van der Waals surface area contributed by atoms with Crippen LogP contribution in [0, 0.1) is 6.92 Å². The quantitative estimate of drug-likeness (QED) is 0.738. The number of rotatable bonds is 4. The highest BCUT2D eigenvalue weighted by Gasteiger charge is 2.21. The van der Waals surface area contributed by atoms with Crippen molar-refractivity contribution in [3.63, 3.8) is 0 Å². The first-order chi connectivity index (χ1) is 9.66. The summed E-state index contributed by atoms with van der Waals surface area (Å²) in [4.78, 5) is 23.4. The molecule has 20 heavy (non-hydrogen) atoms. The van der Waals surface area contributed by atoms with Crippen molar-refractivity contribution in [3.8, 4) is 11.1 Å². The van der Waals surface area contributed by atoms with Crippen molar-refractivity contribution in [2.75, 3.05) is 5.32 Å². The highest BCUT2D eigenvalue weighted by Crippen LogP contribution is 2.24. The third-order valence-corrected chi connectivity index (χ3v) is 3.27. The van der Waals surface area contributed by atoms with Crippen molar-refractivity contribution in [2.45, 2.75) is 13.5 Å². The molecule has 0 atom stereocenters. The van der Waals surface area contributed by atoms with Gasteiger partial charge in [0.1, 0.15) is 5.76 Å². The van der Waals surface area contributed by atoms with Crippen LogP contribution in [-0.4, -0.2) is 0 Å². The summed E-state index contributed by atoms with van der Waals surface area (Å²) in [7, 11) is 0. The van der Waals surface area contributed by atoms with Gasteiger partial charge in [-0.15, -0.1) is 0 Å². The second-order valence-corrected chi connectivity index (χ2v) is 4.71. The first kappa shape index (κ1) is 12.4. The van der Waals surface area contributed by atoms with Gasteiger partial charge in [0.2, 0.25) is 10.9 Å². The molecule has 0 saturated carbocycles. The minimum Gasteiger partial charge on any atom is -0.467 e. The van der Waals surface area contributed by atoms with E-state index in [1.54, 1.807) is 12.3 Å². The van der Waals surface area contributed by atoms with Gasteiger partial charge in [0.15, 0.2) is 0 Å². The van der Waals surface area contributed by atoms with E-state index in [0.717, 1.165) is 11.1 Å². The van der Waals surface area contributed by atoms with Crippen molar-refractivity contribution in [3.05, 3.63) is 74.4 Å². The lowest BCUT2D eigenvalue weighted by Crippen LogP contribution is -2.36. The minimum absolute atomic E-state index is 0.371. The molecule has 1 aromatic heterocycles. The molecule has 0 bridgehead atoms. The number of hydrogen-bond donors (Lipinski definition) is 1. The monoisotopic (exact) mass is 267 g/mol. The largest absolute Gasteiger partial charge is 0.467 e. The zero-order valence-corrected chi connectivity index (χ0v) is 11.0. The molecule has 0 aliphatic carbocycles. The van der Waals surface area contributed by atoms with Gasteiger partial charge in [-0.2, -0.15) is 0 Å². The number of nitrogens with one attached hydrogen (secondary N) is 1. The maximum Gasteiger partial charge on any atom is 0.250 e. The second kappa shape index (κ2) is 4.81. The molecular weight excluding hydrogens is 254 g/mol. The van der Waals surface area contributed by atoms with Gasteiger partial charge >= 0.3 is 0 Å². The van der Waals surface area contributed by atoms with Crippen molar-refractivity contribution in [1.82, 2.24) is 0 Å². The molecular formula is C16H13NO3. The highest BCUT2D eigenvalue weighted by molar-refractivity contribution is 5.81. The van der Waals surface area contributed by atoms with Crippen LogP contribution in [0.3, 0.4) is 0 Å². The number of benzene rings is 1. The van der Waals surface area contributed by atoms with Crippen LogP contribution in [0.2, 0.25) is 0 Å². The van der Waals surface area contributed by atoms with Crippen LogP contribution in [0.5, 0.6) is 0 Å². The zero-order valence-electron chi connectivity index (χ0n) is 11.0. The van der Waals surface area contributed by atoms with Gasteiger partial charge in [-0.05, 0) is 24.6 Å². The predicted octanol–water partition coefficient (Wildman–Crippen LogP) is 2.46. The Morgan fingerprint density at radius 2 is 1.80 bits per heavy atom. The van der Waals surface area contributed by atoms with E-state index in [2.05, 4.69) is 5.32 Å². The molecule has 0 unspecified atom stereocenters. The van der Waals surface area contributed by atoms with E-state index in [9.17, 15) is 9.59 Å². The summed E-state index contributed by atoms with van der Waals surface area (Å²) in [5, 5.41) is 2.98. The summed E-state index contributed by atoms with van der Waals surface area (Å²) in [5.41, 5.74) is 1.81. The van der Waals surface area contributed by atoms with E-state index < -0.39 is 10.9 Å². The molecule has 1 N–H and O–H groups in total. The average molecular weight is 267 g/mol. The normalized spacial score (nSPS) is 10.8. The number of hydrogen-bond acceptors (Lipinski definition) is 4. The summed E-state index contributed by atoms with van der Waals surface area (Å²) >= 11 is 0. The fourth-order valence-electron chi connectivity index (χ4n) is 2.14. The van der Waals surface area contributed by atoms with Crippen LogP contribution >= 0.6 is 0 Å². The van der Waals surface area contributed by atoms with Crippen molar-refractivity contribution >= 4 is 5.69 Å². The third-order valence-electron chi connectivity index (χ3n) is 3.27. The topological polar surface area (TPSA) is 59.3 Å². The molecule has 100 valence electrons. The Bertz CT molecular complexity index is 791. The van der Waals surface area contributed by atoms with Crippen molar-refractivity contribution < 1.29 is 4.42 Å². The van der Waals surface area contributed by atoms with Crippen molar-refractivity contribution in [1.29, 1.82) is 0 Å². The summed E-state index contributed by atoms with van der Waals surface area (Å²) in [5.74, 6) is 0.716. The van der Waals surface area contributed by atoms with Crippen LogP contribution in [0.15, 0.2) is 56.7 Å². The fraction of sp³-hybridized carbons (Fsp3) is 0.125. The molecule has 0 amide bonds. The van der Waals surface area contributed by atoms with Crippen LogP contribution in [0.1, 0.15) is 11.3 Å². The lowest BCUT2D eigenvalue weighted by Gasteiger charge is -2.12. The van der Waals surface area contributed by atoms with E-state index >= 15 is 0 Å². The molecule has 4 heteroatoms. The van der Waals surface area contributed by atoms with Crippen molar-refractivity contribution in [2.24, 2.45) is 0 Å². The molecule has 1 heterocycles. The van der Waals surface area contributed by atoms with Gasteiger partial charge in [0.25, 0.3) is 0 Å². The molecule has 0 aliphatic rings. The number of furan rings is 1. The molecule has 2 aromatic carbocycles. The summed E-state index contributed by atoms with van der Waals surface area (Å²) in [6, 6.07) is 11.1. The first-order valence-corrected chi connectivity index (χ1v) is 6.33. The number of anilines is 1. The molecule has 0 radical (unpaired) electrons. The molecule has 0 aliphatic heterocycles. The van der Waals surface area contributed by atoms with Crippen LogP contribution in [-0.2, 0) is 6.54 Å². The predicted molar refractivity (Wildman–Crippen MR) is 77.6 cm³/mol. The molecule has 0 fully saturated rings. The Labute approximate surface area is 115 Å². The Kier molecular flexibility index (Phi) is 2.99. The molecule has 0 saturated heterocycles. The standard InChI is InChI=1S/C16H13NO3/c1-10-4-6-11(7-5-10)13-14(16(19)15(13)18)17-9-12-3-2-8-20-12/h2-8,17H,9H2,1H3. The van der Waals surface area contributed by atoms with Gasteiger partial charge in [-0.1, -0.05) is 29.8 Å². The Morgan fingerprint density at radius 3 is 2.45 bits per heavy atom. The first-order valence-electron chi connectivity index (χ1n) is 6.33. The minimum atomic E-state index is -0.466. The zero-order chi connectivity index (χ0) is 14.1. The van der Waals surface area contributed by atoms with E-state index in [1.807, 2.05) is 37.3 Å². The second-order valence-electron chi connectivity index (χ2n) is 4.71. The summed E-state index contributed by atoms with van der Waals surface area (Å²) in [6.07, 6.45) is 1.57. The maximum atomic E-state index is 11.7. The van der Waals surface area contributed by atoms with Gasteiger partial charge < -0.3 is 9.73 Å². The molecule has 4 nitrogen and oxygen atoms in total. The smallest absolute Gasteiger partial charge is 0.250 e. The van der Waals surface area contributed by atoms with Gasteiger partial charge in [-0.25, -0.2) is 0 Å².